The van der Waals surface area contributed by atoms with E-state index < -0.39 is 0 Å². The first-order valence-electron chi connectivity index (χ1n) is 8.39. The van der Waals surface area contributed by atoms with E-state index in [0.29, 0.717) is 19.1 Å². The topological polar surface area (TPSA) is 77.2 Å². The van der Waals surface area contributed by atoms with Crippen molar-refractivity contribution in [3.8, 4) is 5.75 Å². The second-order valence-corrected chi connectivity index (χ2v) is 6.20. The molecule has 1 aromatic carbocycles. The van der Waals surface area contributed by atoms with Gasteiger partial charge in [0.15, 0.2) is 0 Å². The number of pyridine rings is 1. The maximum absolute atomic E-state index is 12.5. The summed E-state index contributed by atoms with van der Waals surface area (Å²) < 4.78 is 5.77. The van der Waals surface area contributed by atoms with Crippen molar-refractivity contribution in [1.29, 1.82) is 0 Å². The van der Waals surface area contributed by atoms with Crippen LogP contribution in [0.2, 0.25) is 0 Å². The molecular weight excluding hydrogens is 373 g/mol. The Morgan fingerprint density at radius 2 is 2.08 bits per heavy atom. The van der Waals surface area contributed by atoms with E-state index in [9.17, 15) is 4.79 Å². The molecule has 1 amide bonds. The van der Waals surface area contributed by atoms with Gasteiger partial charge in [0, 0.05) is 35.6 Å². The molecule has 1 saturated carbocycles. The summed E-state index contributed by atoms with van der Waals surface area (Å²) in [6, 6.07) is 11.3. The zero-order valence-electron chi connectivity index (χ0n) is 14.5. The molecule has 0 saturated heterocycles. The molecule has 5 nitrogen and oxygen atoms in total. The Bertz CT molecular complexity index is 685. The van der Waals surface area contributed by atoms with Crippen LogP contribution in [0.25, 0.3) is 0 Å². The first kappa shape index (κ1) is 22.2. The Morgan fingerprint density at radius 1 is 1.23 bits per heavy atom. The van der Waals surface area contributed by atoms with Gasteiger partial charge in [0.05, 0.1) is 0 Å². The van der Waals surface area contributed by atoms with Crippen LogP contribution in [-0.4, -0.2) is 17.4 Å². The molecule has 3 rings (SSSR count). The van der Waals surface area contributed by atoms with Crippen molar-refractivity contribution in [2.45, 2.75) is 25.9 Å². The number of carbonyl (C=O) groups excluding carboxylic acids is 1. The summed E-state index contributed by atoms with van der Waals surface area (Å²) in [6.07, 6.45) is 6.55. The standard InChI is InChI=1S/C19H23N3O2.2ClH/c20-11-15-5-1-8-18(15)19(23)22-16-6-2-7-17(10-16)24-13-14-4-3-9-21-12-14;;/h2-4,6-7,9-10,12,15,18H,1,5,8,11,13,20H2,(H,22,23);2*1H/t15-,18-;;/m1../s1. The highest BCUT2D eigenvalue weighted by Crippen LogP contribution is 2.32. The average molecular weight is 398 g/mol. The number of aromatic nitrogens is 1. The van der Waals surface area contributed by atoms with Gasteiger partial charge in [0.2, 0.25) is 5.91 Å². The van der Waals surface area contributed by atoms with Crippen molar-refractivity contribution in [2.75, 3.05) is 11.9 Å². The van der Waals surface area contributed by atoms with Crippen molar-refractivity contribution in [3.63, 3.8) is 0 Å². The first-order valence-corrected chi connectivity index (χ1v) is 8.39. The maximum atomic E-state index is 12.5. The van der Waals surface area contributed by atoms with E-state index in [1.165, 1.54) is 0 Å². The highest BCUT2D eigenvalue weighted by atomic mass is 35.5. The highest BCUT2D eigenvalue weighted by Gasteiger charge is 2.31. The number of carbonyl (C=O) groups is 1. The number of ether oxygens (including phenoxy) is 1. The molecule has 0 bridgehead atoms. The molecular formula is C19H25Cl2N3O2. The van der Waals surface area contributed by atoms with E-state index >= 15 is 0 Å². The fraction of sp³-hybridized carbons (Fsp3) is 0.368. The summed E-state index contributed by atoms with van der Waals surface area (Å²) in [5.41, 5.74) is 7.53. The lowest BCUT2D eigenvalue weighted by Crippen LogP contribution is -2.29. The monoisotopic (exact) mass is 397 g/mol. The second kappa shape index (κ2) is 11.0. The number of amides is 1. The van der Waals surface area contributed by atoms with E-state index in [1.54, 1.807) is 12.4 Å². The van der Waals surface area contributed by atoms with Gasteiger partial charge in [-0.1, -0.05) is 18.6 Å². The van der Waals surface area contributed by atoms with Crippen molar-refractivity contribution in [2.24, 2.45) is 17.6 Å². The van der Waals surface area contributed by atoms with E-state index in [1.807, 2.05) is 36.4 Å². The molecule has 2 atom stereocenters. The number of hydrogen-bond donors (Lipinski definition) is 2. The largest absolute Gasteiger partial charge is 0.489 e. The SMILES string of the molecule is Cl.Cl.NC[C@H]1CCC[C@H]1C(=O)Nc1cccc(OCc2cccnc2)c1. The zero-order valence-corrected chi connectivity index (χ0v) is 16.1. The molecule has 26 heavy (non-hydrogen) atoms. The van der Waals surface area contributed by atoms with Crippen LogP contribution >= 0.6 is 24.8 Å². The van der Waals surface area contributed by atoms with Gasteiger partial charge >= 0.3 is 0 Å². The van der Waals surface area contributed by atoms with Gasteiger partial charge in [0.25, 0.3) is 0 Å². The molecule has 142 valence electrons. The quantitative estimate of drug-likeness (QED) is 0.776. The van der Waals surface area contributed by atoms with Gasteiger partial charge in [-0.3, -0.25) is 9.78 Å². The zero-order chi connectivity index (χ0) is 16.8. The Labute approximate surface area is 166 Å². The van der Waals surface area contributed by atoms with Crippen LogP contribution in [0.15, 0.2) is 48.8 Å². The predicted molar refractivity (Wildman–Crippen MR) is 108 cm³/mol. The Balaban J connectivity index is 0.00000169. The van der Waals surface area contributed by atoms with Crippen LogP contribution in [-0.2, 0) is 11.4 Å². The van der Waals surface area contributed by atoms with Gasteiger partial charge < -0.3 is 15.8 Å². The molecule has 0 spiro atoms. The Kier molecular flexibility index (Phi) is 9.41. The molecule has 1 aliphatic rings. The second-order valence-electron chi connectivity index (χ2n) is 6.20. The number of nitrogens with two attached hydrogens (primary N) is 1. The molecule has 0 radical (unpaired) electrons. The molecule has 2 aromatic rings. The van der Waals surface area contributed by atoms with Crippen LogP contribution in [0.3, 0.4) is 0 Å². The van der Waals surface area contributed by atoms with Crippen LogP contribution in [0.1, 0.15) is 24.8 Å². The van der Waals surface area contributed by atoms with Gasteiger partial charge in [-0.25, -0.2) is 0 Å². The summed E-state index contributed by atoms with van der Waals surface area (Å²) in [4.78, 5) is 16.5. The third-order valence-corrected chi connectivity index (χ3v) is 4.53. The van der Waals surface area contributed by atoms with Gasteiger partial charge in [-0.05, 0) is 43.5 Å². The molecule has 3 N–H and O–H groups in total. The van der Waals surface area contributed by atoms with Crippen LogP contribution in [0.5, 0.6) is 5.75 Å². The van der Waals surface area contributed by atoms with Gasteiger partial charge in [0.1, 0.15) is 12.4 Å². The Morgan fingerprint density at radius 3 is 2.81 bits per heavy atom. The van der Waals surface area contributed by atoms with Gasteiger partial charge in [-0.2, -0.15) is 0 Å². The summed E-state index contributed by atoms with van der Waals surface area (Å²) in [7, 11) is 0. The number of benzene rings is 1. The smallest absolute Gasteiger partial charge is 0.227 e. The summed E-state index contributed by atoms with van der Waals surface area (Å²) in [5, 5.41) is 3.00. The molecule has 1 fully saturated rings. The fourth-order valence-electron chi connectivity index (χ4n) is 3.21. The number of nitrogens with one attached hydrogen (secondary N) is 1. The van der Waals surface area contributed by atoms with Crippen molar-refractivity contribution >= 4 is 36.4 Å². The highest BCUT2D eigenvalue weighted by molar-refractivity contribution is 5.93. The fourth-order valence-corrected chi connectivity index (χ4v) is 3.21. The summed E-state index contributed by atoms with van der Waals surface area (Å²) >= 11 is 0. The molecule has 7 heteroatoms. The van der Waals surface area contributed by atoms with E-state index in [4.69, 9.17) is 10.5 Å². The van der Waals surface area contributed by atoms with Gasteiger partial charge in [-0.15, -0.1) is 24.8 Å². The lowest BCUT2D eigenvalue weighted by Gasteiger charge is -2.17. The average Bonchev–Trinajstić information content (AvgIpc) is 3.10. The predicted octanol–water partition coefficient (Wildman–Crippen LogP) is 3.82. The molecule has 0 aliphatic heterocycles. The summed E-state index contributed by atoms with van der Waals surface area (Å²) in [6.45, 7) is 1.02. The van der Waals surface area contributed by atoms with E-state index in [2.05, 4.69) is 10.3 Å². The van der Waals surface area contributed by atoms with Crippen molar-refractivity contribution in [3.05, 3.63) is 54.4 Å². The number of halogens is 2. The molecule has 1 aromatic heterocycles. The van der Waals surface area contributed by atoms with Crippen LogP contribution in [0, 0.1) is 11.8 Å². The minimum atomic E-state index is 0. The van der Waals surface area contributed by atoms with Crippen LogP contribution < -0.4 is 15.8 Å². The lowest BCUT2D eigenvalue weighted by atomic mass is 9.95. The number of anilines is 1. The first-order chi connectivity index (χ1) is 11.8. The van der Waals surface area contributed by atoms with Crippen LogP contribution in [0.4, 0.5) is 5.69 Å². The third kappa shape index (κ3) is 5.87. The molecule has 0 unspecified atom stereocenters. The van der Waals surface area contributed by atoms with Crippen molar-refractivity contribution in [1.82, 2.24) is 4.98 Å². The van der Waals surface area contributed by atoms with E-state index in [0.717, 1.165) is 36.3 Å². The minimum Gasteiger partial charge on any atom is -0.489 e. The third-order valence-electron chi connectivity index (χ3n) is 4.53. The van der Waals surface area contributed by atoms with Crippen molar-refractivity contribution < 1.29 is 9.53 Å². The minimum absolute atomic E-state index is 0. The number of hydrogen-bond acceptors (Lipinski definition) is 4. The Hall–Kier alpha value is -1.82. The summed E-state index contributed by atoms with van der Waals surface area (Å²) in [5.74, 6) is 1.11. The maximum Gasteiger partial charge on any atom is 0.227 e. The molecule has 1 heterocycles. The normalized spacial score (nSPS) is 18.3. The molecule has 1 aliphatic carbocycles. The van der Waals surface area contributed by atoms with E-state index in [-0.39, 0.29) is 36.6 Å². The lowest BCUT2D eigenvalue weighted by molar-refractivity contribution is -0.120. The number of nitrogens with zero attached hydrogens (tertiary/aromatic N) is 1. The number of rotatable bonds is 6.